The lowest BCUT2D eigenvalue weighted by Crippen LogP contribution is -3.00. The van der Waals surface area contributed by atoms with Crippen molar-refractivity contribution >= 4 is 28.7 Å². The van der Waals surface area contributed by atoms with Gasteiger partial charge in [-0.1, -0.05) is 18.2 Å². The van der Waals surface area contributed by atoms with Gasteiger partial charge in [0, 0.05) is 60.5 Å². The second kappa shape index (κ2) is 8.76. The fraction of sp³-hybridized carbons (Fsp3) is 0.192. The van der Waals surface area contributed by atoms with Crippen LogP contribution < -0.4 is 21.9 Å². The first kappa shape index (κ1) is 21.7. The molecule has 0 radical (unpaired) electrons. The molecule has 0 saturated heterocycles. The highest BCUT2D eigenvalue weighted by atomic mass is 35.5. The number of aryl methyl sites for hydroxylation is 2. The maximum Gasteiger partial charge on any atom is 0.212 e. The summed E-state index contributed by atoms with van der Waals surface area (Å²) in [5.74, 6) is 0. The molecule has 0 amide bonds. The van der Waals surface area contributed by atoms with E-state index in [9.17, 15) is 0 Å². The van der Waals surface area contributed by atoms with Crippen LogP contribution in [0.5, 0.6) is 0 Å². The standard InChI is InChI=1S/C26H28N3.ClH/c1-19-17-21(20(2)29(19)24-9-7-6-8-10-24)11-13-23-14-12-22-18-25(27(3)4)15-16-26(22)28(23)5;/h6-18H,1-5H3;1H/q+1;/p-1. The Hall–Kier alpha value is -3.04. The molecule has 4 aromatic rings. The number of pyridine rings is 1. The normalized spacial score (nSPS) is 11.1. The molecule has 154 valence electrons. The molecule has 0 aliphatic rings. The van der Waals surface area contributed by atoms with E-state index >= 15 is 0 Å². The van der Waals surface area contributed by atoms with E-state index in [1.807, 2.05) is 0 Å². The smallest absolute Gasteiger partial charge is 0.212 e. The lowest BCUT2D eigenvalue weighted by atomic mass is 10.1. The molecule has 2 aromatic heterocycles. The predicted molar refractivity (Wildman–Crippen MR) is 124 cm³/mol. The first-order valence-electron chi connectivity index (χ1n) is 9.98. The van der Waals surface area contributed by atoms with Crippen molar-refractivity contribution in [3.05, 3.63) is 89.4 Å². The fourth-order valence-electron chi connectivity index (χ4n) is 3.96. The van der Waals surface area contributed by atoms with Gasteiger partial charge in [-0.25, -0.2) is 0 Å². The van der Waals surface area contributed by atoms with Crippen LogP contribution in [0.3, 0.4) is 0 Å². The van der Waals surface area contributed by atoms with E-state index in [1.165, 1.54) is 44.9 Å². The molecule has 2 aromatic carbocycles. The number of hydrogen-bond donors (Lipinski definition) is 0. The summed E-state index contributed by atoms with van der Waals surface area (Å²) in [6, 6.07) is 23.8. The summed E-state index contributed by atoms with van der Waals surface area (Å²) < 4.78 is 4.56. The summed E-state index contributed by atoms with van der Waals surface area (Å²) in [6.45, 7) is 4.35. The molecule has 0 bridgehead atoms. The molecule has 0 aliphatic heterocycles. The molecule has 4 rings (SSSR count). The van der Waals surface area contributed by atoms with Gasteiger partial charge in [0.25, 0.3) is 0 Å². The van der Waals surface area contributed by atoms with Crippen molar-refractivity contribution < 1.29 is 17.0 Å². The third-order valence-corrected chi connectivity index (χ3v) is 5.63. The largest absolute Gasteiger partial charge is 1.00 e. The van der Waals surface area contributed by atoms with Crippen molar-refractivity contribution in [2.24, 2.45) is 7.05 Å². The molecule has 4 heteroatoms. The zero-order valence-electron chi connectivity index (χ0n) is 18.2. The number of fused-ring (bicyclic) bond motifs is 1. The first-order chi connectivity index (χ1) is 14.0. The van der Waals surface area contributed by atoms with Gasteiger partial charge in [-0.3, -0.25) is 0 Å². The lowest BCUT2D eigenvalue weighted by Gasteiger charge is -2.12. The maximum atomic E-state index is 2.31. The van der Waals surface area contributed by atoms with Gasteiger partial charge in [0.1, 0.15) is 7.05 Å². The highest BCUT2D eigenvalue weighted by molar-refractivity contribution is 5.81. The molecule has 0 spiro atoms. The van der Waals surface area contributed by atoms with E-state index in [4.69, 9.17) is 0 Å². The van der Waals surface area contributed by atoms with Gasteiger partial charge in [-0.05, 0) is 61.9 Å². The van der Waals surface area contributed by atoms with E-state index in [2.05, 4.69) is 128 Å². The quantitative estimate of drug-likeness (QED) is 0.464. The molecule has 0 saturated carbocycles. The minimum atomic E-state index is 0. The summed E-state index contributed by atoms with van der Waals surface area (Å²) in [5, 5.41) is 1.25. The Balaban J connectivity index is 0.00000256. The minimum Gasteiger partial charge on any atom is -1.00 e. The van der Waals surface area contributed by atoms with Crippen molar-refractivity contribution in [2.75, 3.05) is 19.0 Å². The average molecular weight is 418 g/mol. The maximum absolute atomic E-state index is 2.31. The summed E-state index contributed by atoms with van der Waals surface area (Å²) in [5.41, 5.74) is 8.57. The number of hydrogen-bond acceptors (Lipinski definition) is 1. The Labute approximate surface area is 185 Å². The topological polar surface area (TPSA) is 12.1 Å². The van der Waals surface area contributed by atoms with E-state index in [0.29, 0.717) is 0 Å². The number of rotatable bonds is 4. The fourth-order valence-corrected chi connectivity index (χ4v) is 3.96. The van der Waals surface area contributed by atoms with E-state index in [1.54, 1.807) is 0 Å². The Morgan fingerprint density at radius 3 is 2.30 bits per heavy atom. The van der Waals surface area contributed by atoms with Crippen LogP contribution in [0, 0.1) is 13.8 Å². The van der Waals surface area contributed by atoms with Gasteiger partial charge < -0.3 is 21.9 Å². The third-order valence-electron chi connectivity index (χ3n) is 5.63. The van der Waals surface area contributed by atoms with Gasteiger partial charge in [-0.2, -0.15) is 4.57 Å². The van der Waals surface area contributed by atoms with Crippen LogP contribution in [-0.4, -0.2) is 18.7 Å². The van der Waals surface area contributed by atoms with Crippen molar-refractivity contribution in [2.45, 2.75) is 13.8 Å². The number of benzene rings is 2. The Kier molecular flexibility index (Phi) is 6.33. The van der Waals surface area contributed by atoms with Crippen molar-refractivity contribution in [3.8, 4) is 5.69 Å². The van der Waals surface area contributed by atoms with Crippen LogP contribution in [0.1, 0.15) is 22.6 Å². The third kappa shape index (κ3) is 3.99. The molecule has 3 nitrogen and oxygen atoms in total. The number of para-hydroxylation sites is 1. The van der Waals surface area contributed by atoms with Crippen LogP contribution >= 0.6 is 0 Å². The van der Waals surface area contributed by atoms with E-state index < -0.39 is 0 Å². The molecule has 0 atom stereocenters. The Bertz CT molecular complexity index is 1200. The molecular weight excluding hydrogens is 390 g/mol. The zero-order valence-corrected chi connectivity index (χ0v) is 19.0. The summed E-state index contributed by atoms with van der Waals surface area (Å²) in [4.78, 5) is 2.13. The monoisotopic (exact) mass is 417 g/mol. The van der Waals surface area contributed by atoms with Crippen molar-refractivity contribution in [1.82, 2.24) is 4.57 Å². The highest BCUT2D eigenvalue weighted by Gasteiger charge is 2.12. The second-order valence-electron chi connectivity index (χ2n) is 7.79. The van der Waals surface area contributed by atoms with Crippen LogP contribution in [0.4, 0.5) is 5.69 Å². The second-order valence-corrected chi connectivity index (χ2v) is 7.79. The number of halogens is 1. The Morgan fingerprint density at radius 2 is 1.60 bits per heavy atom. The van der Waals surface area contributed by atoms with E-state index in [0.717, 1.165) is 0 Å². The zero-order chi connectivity index (χ0) is 20.5. The summed E-state index contributed by atoms with van der Waals surface area (Å²) in [6.07, 6.45) is 4.42. The van der Waals surface area contributed by atoms with Gasteiger partial charge in [0.15, 0.2) is 0 Å². The molecule has 30 heavy (non-hydrogen) atoms. The van der Waals surface area contributed by atoms with Crippen LogP contribution in [-0.2, 0) is 7.05 Å². The van der Waals surface area contributed by atoms with Crippen LogP contribution in [0.2, 0.25) is 0 Å². The summed E-state index contributed by atoms with van der Waals surface area (Å²) >= 11 is 0. The molecule has 0 aliphatic carbocycles. The number of anilines is 1. The molecule has 0 unspecified atom stereocenters. The van der Waals surface area contributed by atoms with Crippen LogP contribution in [0.15, 0.2) is 66.7 Å². The van der Waals surface area contributed by atoms with Crippen LogP contribution in [0.25, 0.3) is 28.7 Å². The molecule has 0 fully saturated rings. The van der Waals surface area contributed by atoms with Gasteiger partial charge >= 0.3 is 0 Å². The SMILES string of the molecule is Cc1cc(/C=C/c2ccc3cc(N(C)C)ccc3[n+]2C)c(C)n1-c1ccccc1.[Cl-]. The predicted octanol–water partition coefficient (Wildman–Crippen LogP) is 2.31. The summed E-state index contributed by atoms with van der Waals surface area (Å²) in [7, 11) is 6.28. The van der Waals surface area contributed by atoms with Crippen molar-refractivity contribution in [3.63, 3.8) is 0 Å². The van der Waals surface area contributed by atoms with Gasteiger partial charge in [0.2, 0.25) is 11.2 Å². The molecule has 2 heterocycles. The van der Waals surface area contributed by atoms with Gasteiger partial charge in [0.05, 0.1) is 0 Å². The lowest BCUT2D eigenvalue weighted by molar-refractivity contribution is -0.646. The van der Waals surface area contributed by atoms with E-state index in [-0.39, 0.29) is 12.4 Å². The molecular formula is C26H28ClN3. The Morgan fingerprint density at radius 1 is 0.867 bits per heavy atom. The number of aromatic nitrogens is 2. The first-order valence-corrected chi connectivity index (χ1v) is 9.98. The van der Waals surface area contributed by atoms with Crippen molar-refractivity contribution in [1.29, 1.82) is 0 Å². The van der Waals surface area contributed by atoms with Gasteiger partial charge in [-0.15, -0.1) is 0 Å². The molecule has 0 N–H and O–H groups in total. The average Bonchev–Trinajstić information content (AvgIpc) is 3.01. The highest BCUT2D eigenvalue weighted by Crippen LogP contribution is 2.23. The number of nitrogens with zero attached hydrogens (tertiary/aromatic N) is 3. The minimum absolute atomic E-state index is 0.